The standard InChI is InChI=1S/C53H32N4/c1-3-13-35(14-4-1)51-42-27-28-47-49(41-20-9-10-22-46(41)57(47)37-16-5-2-6-17-37)50(42)48-39-19-8-7-18-38(39)44(32-45(48)56-51)34-25-23-33(24-26-34)43-31-36-15-11-29-54-52(36)53-40(43)21-12-30-55-53/h1-32H. The van der Waals surface area contributed by atoms with Crippen LogP contribution in [0.1, 0.15) is 0 Å². The number of aromatic nitrogens is 4. The molecule has 0 fully saturated rings. The monoisotopic (exact) mass is 724 g/mol. The maximum atomic E-state index is 5.57. The molecule has 12 aromatic rings. The summed E-state index contributed by atoms with van der Waals surface area (Å²) < 4.78 is 2.40. The van der Waals surface area contributed by atoms with Crippen molar-refractivity contribution in [1.82, 2.24) is 19.5 Å². The van der Waals surface area contributed by atoms with E-state index >= 15 is 0 Å². The van der Waals surface area contributed by atoms with Gasteiger partial charge in [-0.25, -0.2) is 4.98 Å². The Bertz CT molecular complexity index is 3550. The first kappa shape index (κ1) is 31.6. The summed E-state index contributed by atoms with van der Waals surface area (Å²) in [5.41, 5.74) is 13.0. The van der Waals surface area contributed by atoms with Gasteiger partial charge in [-0.05, 0) is 81.6 Å². The maximum absolute atomic E-state index is 5.57. The van der Waals surface area contributed by atoms with Crippen LogP contribution in [0.3, 0.4) is 0 Å². The summed E-state index contributed by atoms with van der Waals surface area (Å²) in [6.45, 7) is 0. The van der Waals surface area contributed by atoms with Crippen molar-refractivity contribution in [2.45, 2.75) is 0 Å². The molecule has 0 amide bonds. The fraction of sp³-hybridized carbons (Fsp3) is 0. The third-order valence-corrected chi connectivity index (χ3v) is 11.6. The van der Waals surface area contributed by atoms with E-state index < -0.39 is 0 Å². The molecule has 0 N–H and O–H groups in total. The number of rotatable bonds is 4. The first-order valence-corrected chi connectivity index (χ1v) is 19.4. The molecule has 4 aromatic heterocycles. The largest absolute Gasteiger partial charge is 0.309 e. The SMILES string of the molecule is c1ccc(-c2nc3cc(-c4ccc(-c5cc6cccnc6c6ncccc56)cc4)c4ccccc4c3c3c2ccc2c3c3ccccc3n2-c2ccccc2)cc1. The summed E-state index contributed by atoms with van der Waals surface area (Å²) in [4.78, 5) is 15.0. The van der Waals surface area contributed by atoms with Gasteiger partial charge in [0, 0.05) is 61.3 Å². The van der Waals surface area contributed by atoms with Gasteiger partial charge < -0.3 is 4.57 Å². The highest BCUT2D eigenvalue weighted by Crippen LogP contribution is 2.46. The number of benzene rings is 8. The minimum absolute atomic E-state index is 0.920. The molecule has 8 aromatic carbocycles. The summed E-state index contributed by atoms with van der Waals surface area (Å²) in [5, 5.41) is 10.6. The van der Waals surface area contributed by atoms with Crippen molar-refractivity contribution in [2.24, 2.45) is 0 Å². The molecule has 264 valence electrons. The molecule has 12 rings (SSSR count). The van der Waals surface area contributed by atoms with E-state index in [1.807, 2.05) is 24.5 Å². The molecule has 0 aliphatic carbocycles. The fourth-order valence-electron chi connectivity index (χ4n) is 9.16. The van der Waals surface area contributed by atoms with Gasteiger partial charge in [0.05, 0.1) is 33.3 Å². The van der Waals surface area contributed by atoms with Gasteiger partial charge in [-0.1, -0.05) is 133 Å². The van der Waals surface area contributed by atoms with E-state index in [2.05, 4.69) is 179 Å². The normalized spacial score (nSPS) is 11.9. The van der Waals surface area contributed by atoms with Gasteiger partial charge in [0.25, 0.3) is 0 Å². The number of nitrogens with zero attached hydrogens (tertiary/aromatic N) is 4. The van der Waals surface area contributed by atoms with Crippen molar-refractivity contribution in [2.75, 3.05) is 0 Å². The number of hydrogen-bond acceptors (Lipinski definition) is 3. The van der Waals surface area contributed by atoms with E-state index in [0.717, 1.165) is 71.9 Å². The van der Waals surface area contributed by atoms with Crippen LogP contribution >= 0.6 is 0 Å². The van der Waals surface area contributed by atoms with Gasteiger partial charge in [-0.2, -0.15) is 0 Å². The minimum atomic E-state index is 0.920. The van der Waals surface area contributed by atoms with Gasteiger partial charge in [0.1, 0.15) is 0 Å². The molecular weight excluding hydrogens is 693 g/mol. The molecule has 0 saturated carbocycles. The summed E-state index contributed by atoms with van der Waals surface area (Å²) >= 11 is 0. The Balaban J connectivity index is 1.15. The summed E-state index contributed by atoms with van der Waals surface area (Å²) in [6.07, 6.45) is 3.69. The van der Waals surface area contributed by atoms with Crippen LogP contribution in [0.25, 0.3) is 115 Å². The van der Waals surface area contributed by atoms with Crippen molar-refractivity contribution in [3.05, 3.63) is 194 Å². The maximum Gasteiger partial charge on any atom is 0.0970 e. The molecule has 0 radical (unpaired) electrons. The topological polar surface area (TPSA) is 43.6 Å². The smallest absolute Gasteiger partial charge is 0.0970 e. The Morgan fingerprint density at radius 2 is 1.00 bits per heavy atom. The number of para-hydroxylation sites is 2. The highest BCUT2D eigenvalue weighted by Gasteiger charge is 2.22. The van der Waals surface area contributed by atoms with Gasteiger partial charge in [-0.3, -0.25) is 9.97 Å². The lowest BCUT2D eigenvalue weighted by Crippen LogP contribution is -1.95. The number of pyridine rings is 3. The van der Waals surface area contributed by atoms with Crippen LogP contribution in [-0.2, 0) is 0 Å². The molecule has 0 spiro atoms. The van der Waals surface area contributed by atoms with Crippen molar-refractivity contribution in [1.29, 1.82) is 0 Å². The van der Waals surface area contributed by atoms with Crippen LogP contribution in [0.15, 0.2) is 194 Å². The third kappa shape index (κ3) is 4.77. The van der Waals surface area contributed by atoms with Gasteiger partial charge in [-0.15, -0.1) is 0 Å². The first-order valence-electron chi connectivity index (χ1n) is 19.4. The third-order valence-electron chi connectivity index (χ3n) is 11.6. The van der Waals surface area contributed by atoms with Crippen LogP contribution < -0.4 is 0 Å². The van der Waals surface area contributed by atoms with E-state index in [9.17, 15) is 0 Å². The van der Waals surface area contributed by atoms with Crippen molar-refractivity contribution >= 4 is 76.1 Å². The zero-order valence-electron chi connectivity index (χ0n) is 30.8. The van der Waals surface area contributed by atoms with Crippen molar-refractivity contribution < 1.29 is 0 Å². The Morgan fingerprint density at radius 1 is 0.368 bits per heavy atom. The Labute approximate surface area is 328 Å². The molecule has 0 atom stereocenters. The lowest BCUT2D eigenvalue weighted by atomic mass is 9.89. The quantitative estimate of drug-likeness (QED) is 0.170. The lowest BCUT2D eigenvalue weighted by molar-refractivity contribution is 1.18. The summed E-state index contributed by atoms with van der Waals surface area (Å²) in [7, 11) is 0. The molecule has 0 unspecified atom stereocenters. The van der Waals surface area contributed by atoms with Crippen LogP contribution in [0.5, 0.6) is 0 Å². The van der Waals surface area contributed by atoms with Crippen molar-refractivity contribution in [3.8, 4) is 39.2 Å². The molecule has 0 saturated heterocycles. The molecular formula is C53H32N4. The minimum Gasteiger partial charge on any atom is -0.309 e. The Hall–Kier alpha value is -7.69. The summed E-state index contributed by atoms with van der Waals surface area (Å²) in [6, 6.07) is 65.3. The molecule has 4 heterocycles. The van der Waals surface area contributed by atoms with E-state index in [4.69, 9.17) is 9.97 Å². The second kappa shape index (κ2) is 12.4. The first-order chi connectivity index (χ1) is 28.3. The predicted octanol–water partition coefficient (Wildman–Crippen LogP) is 13.7. The number of fused-ring (bicyclic) bond motifs is 12. The summed E-state index contributed by atoms with van der Waals surface area (Å²) in [5.74, 6) is 0. The highest BCUT2D eigenvalue weighted by atomic mass is 15.0. The van der Waals surface area contributed by atoms with Gasteiger partial charge in [0.2, 0.25) is 0 Å². The zero-order chi connectivity index (χ0) is 37.5. The van der Waals surface area contributed by atoms with Crippen LogP contribution in [0, 0.1) is 0 Å². The second-order valence-electron chi connectivity index (χ2n) is 14.7. The Kier molecular flexibility index (Phi) is 6.89. The van der Waals surface area contributed by atoms with Crippen LogP contribution in [0.4, 0.5) is 0 Å². The fourth-order valence-corrected chi connectivity index (χ4v) is 9.16. The second-order valence-corrected chi connectivity index (χ2v) is 14.7. The average Bonchev–Trinajstić information content (AvgIpc) is 3.63. The Morgan fingerprint density at radius 3 is 1.79 bits per heavy atom. The molecule has 0 bridgehead atoms. The molecule has 4 heteroatoms. The lowest BCUT2D eigenvalue weighted by Gasteiger charge is -2.17. The molecule has 4 nitrogen and oxygen atoms in total. The number of hydrogen-bond donors (Lipinski definition) is 0. The molecule has 0 aliphatic rings. The van der Waals surface area contributed by atoms with E-state index in [1.165, 1.54) is 43.4 Å². The van der Waals surface area contributed by atoms with Gasteiger partial charge in [0.15, 0.2) is 0 Å². The molecule has 57 heavy (non-hydrogen) atoms. The zero-order valence-corrected chi connectivity index (χ0v) is 30.8. The predicted molar refractivity (Wildman–Crippen MR) is 238 cm³/mol. The van der Waals surface area contributed by atoms with E-state index in [1.54, 1.807) is 0 Å². The molecule has 0 aliphatic heterocycles. The highest BCUT2D eigenvalue weighted by molar-refractivity contribution is 6.34. The van der Waals surface area contributed by atoms with Crippen LogP contribution in [-0.4, -0.2) is 19.5 Å². The average molecular weight is 725 g/mol. The van der Waals surface area contributed by atoms with Crippen molar-refractivity contribution in [3.63, 3.8) is 0 Å². The van der Waals surface area contributed by atoms with E-state index in [-0.39, 0.29) is 0 Å². The van der Waals surface area contributed by atoms with E-state index in [0.29, 0.717) is 0 Å². The van der Waals surface area contributed by atoms with Gasteiger partial charge >= 0.3 is 0 Å². The van der Waals surface area contributed by atoms with Crippen LogP contribution in [0.2, 0.25) is 0 Å².